The average Bonchev–Trinajstić information content (AvgIpc) is 3.06. The molecule has 0 bridgehead atoms. The van der Waals surface area contributed by atoms with Crippen LogP contribution in [-0.2, 0) is 4.79 Å². The maximum absolute atomic E-state index is 12.5. The van der Waals surface area contributed by atoms with E-state index in [0.29, 0.717) is 30.1 Å². The van der Waals surface area contributed by atoms with E-state index in [0.717, 1.165) is 6.42 Å². The van der Waals surface area contributed by atoms with E-state index in [1.165, 1.54) is 17.0 Å². The first kappa shape index (κ1) is 13.5. The predicted octanol–water partition coefficient (Wildman–Crippen LogP) is 0.370. The standard InChI is InChI=1S/C13H15N5O3/c1-8-10(5-14-13-15-7-16-18(8)13)12(21)17-3-2-9(6-17)4-11(19)20/h5,7,9H,2-4,6H2,1H3,(H,19,20). The number of carboxylic acid groups (broad SMARTS) is 1. The molecule has 0 radical (unpaired) electrons. The van der Waals surface area contributed by atoms with Crippen molar-refractivity contribution in [1.29, 1.82) is 0 Å². The summed E-state index contributed by atoms with van der Waals surface area (Å²) in [7, 11) is 0. The molecule has 3 heterocycles. The molecular formula is C13H15N5O3. The van der Waals surface area contributed by atoms with Gasteiger partial charge in [-0.2, -0.15) is 10.1 Å². The van der Waals surface area contributed by atoms with Crippen molar-refractivity contribution in [3.8, 4) is 0 Å². The lowest BCUT2D eigenvalue weighted by Crippen LogP contribution is -2.30. The number of aryl methyl sites for hydroxylation is 1. The number of carboxylic acids is 1. The van der Waals surface area contributed by atoms with E-state index < -0.39 is 5.97 Å². The Balaban J connectivity index is 1.81. The fourth-order valence-electron chi connectivity index (χ4n) is 2.70. The molecule has 0 aliphatic carbocycles. The SMILES string of the molecule is Cc1c(C(=O)N2CCC(CC(=O)O)C2)cnc2ncnn12. The highest BCUT2D eigenvalue weighted by Gasteiger charge is 2.29. The highest BCUT2D eigenvalue weighted by Crippen LogP contribution is 2.22. The van der Waals surface area contributed by atoms with Gasteiger partial charge >= 0.3 is 5.97 Å². The molecule has 110 valence electrons. The first-order valence-electron chi connectivity index (χ1n) is 6.72. The largest absolute Gasteiger partial charge is 0.481 e. The molecule has 1 aliphatic heterocycles. The minimum Gasteiger partial charge on any atom is -0.481 e. The lowest BCUT2D eigenvalue weighted by atomic mass is 10.1. The third kappa shape index (κ3) is 2.44. The summed E-state index contributed by atoms with van der Waals surface area (Å²) in [5.41, 5.74) is 1.16. The van der Waals surface area contributed by atoms with Gasteiger partial charge in [0, 0.05) is 25.7 Å². The molecule has 1 N–H and O–H groups in total. The van der Waals surface area contributed by atoms with Gasteiger partial charge in [-0.25, -0.2) is 9.50 Å². The van der Waals surface area contributed by atoms with Crippen LogP contribution in [0.4, 0.5) is 0 Å². The Morgan fingerprint density at radius 2 is 2.24 bits per heavy atom. The van der Waals surface area contributed by atoms with Gasteiger partial charge in [-0.15, -0.1) is 0 Å². The zero-order chi connectivity index (χ0) is 15.0. The van der Waals surface area contributed by atoms with Gasteiger partial charge < -0.3 is 10.0 Å². The normalized spacial score (nSPS) is 18.3. The molecule has 1 fully saturated rings. The van der Waals surface area contributed by atoms with E-state index in [4.69, 9.17) is 5.11 Å². The van der Waals surface area contributed by atoms with Crippen molar-refractivity contribution in [2.24, 2.45) is 5.92 Å². The van der Waals surface area contributed by atoms with Gasteiger partial charge in [-0.05, 0) is 19.3 Å². The van der Waals surface area contributed by atoms with Crippen LogP contribution in [0.25, 0.3) is 5.78 Å². The summed E-state index contributed by atoms with van der Waals surface area (Å²) in [5, 5.41) is 12.9. The summed E-state index contributed by atoms with van der Waals surface area (Å²) in [4.78, 5) is 33.0. The van der Waals surface area contributed by atoms with Crippen molar-refractivity contribution in [2.75, 3.05) is 13.1 Å². The summed E-state index contributed by atoms with van der Waals surface area (Å²) in [6.07, 6.45) is 3.72. The zero-order valence-corrected chi connectivity index (χ0v) is 11.6. The number of rotatable bonds is 3. The molecule has 0 aromatic carbocycles. The Bertz CT molecular complexity index is 711. The molecule has 3 rings (SSSR count). The van der Waals surface area contributed by atoms with E-state index in [9.17, 15) is 9.59 Å². The van der Waals surface area contributed by atoms with Crippen LogP contribution in [0.2, 0.25) is 0 Å². The maximum atomic E-state index is 12.5. The molecule has 8 heteroatoms. The second kappa shape index (κ2) is 5.12. The lowest BCUT2D eigenvalue weighted by molar-refractivity contribution is -0.138. The van der Waals surface area contributed by atoms with Gasteiger partial charge in [0.2, 0.25) is 0 Å². The Morgan fingerprint density at radius 1 is 1.43 bits per heavy atom. The molecular weight excluding hydrogens is 274 g/mol. The van der Waals surface area contributed by atoms with E-state index in [2.05, 4.69) is 15.1 Å². The number of hydrogen-bond donors (Lipinski definition) is 1. The number of nitrogens with zero attached hydrogens (tertiary/aromatic N) is 5. The number of hydrogen-bond acceptors (Lipinski definition) is 5. The van der Waals surface area contributed by atoms with Crippen LogP contribution in [-0.4, -0.2) is 54.6 Å². The average molecular weight is 289 g/mol. The second-order valence-corrected chi connectivity index (χ2v) is 5.23. The molecule has 1 aliphatic rings. The second-order valence-electron chi connectivity index (χ2n) is 5.23. The van der Waals surface area contributed by atoms with Crippen LogP contribution >= 0.6 is 0 Å². The molecule has 2 aromatic rings. The number of likely N-dealkylation sites (tertiary alicyclic amines) is 1. The monoisotopic (exact) mass is 289 g/mol. The highest BCUT2D eigenvalue weighted by molar-refractivity contribution is 5.95. The molecule has 1 saturated heterocycles. The smallest absolute Gasteiger partial charge is 0.303 e. The van der Waals surface area contributed by atoms with Crippen molar-refractivity contribution >= 4 is 17.7 Å². The molecule has 1 unspecified atom stereocenters. The molecule has 0 spiro atoms. The van der Waals surface area contributed by atoms with Crippen molar-refractivity contribution in [3.05, 3.63) is 23.8 Å². The van der Waals surface area contributed by atoms with Crippen LogP contribution in [0.1, 0.15) is 28.9 Å². The third-order valence-corrected chi connectivity index (χ3v) is 3.81. The van der Waals surface area contributed by atoms with Gasteiger partial charge in [-0.1, -0.05) is 0 Å². The summed E-state index contributed by atoms with van der Waals surface area (Å²) in [5.74, 6) is -0.481. The van der Waals surface area contributed by atoms with Crippen molar-refractivity contribution in [1.82, 2.24) is 24.5 Å². The van der Waals surface area contributed by atoms with Gasteiger partial charge in [-0.3, -0.25) is 9.59 Å². The van der Waals surface area contributed by atoms with Crippen LogP contribution in [0.3, 0.4) is 0 Å². The van der Waals surface area contributed by atoms with Crippen LogP contribution < -0.4 is 0 Å². The minimum atomic E-state index is -0.823. The van der Waals surface area contributed by atoms with Crippen LogP contribution in [0, 0.1) is 12.8 Å². The van der Waals surface area contributed by atoms with E-state index in [1.54, 1.807) is 11.8 Å². The number of fused-ring (bicyclic) bond motifs is 1. The lowest BCUT2D eigenvalue weighted by Gasteiger charge is -2.17. The van der Waals surface area contributed by atoms with Gasteiger partial charge in [0.05, 0.1) is 11.3 Å². The summed E-state index contributed by atoms with van der Waals surface area (Å²) in [6, 6.07) is 0. The number of aliphatic carboxylic acids is 1. The summed E-state index contributed by atoms with van der Waals surface area (Å²) >= 11 is 0. The zero-order valence-electron chi connectivity index (χ0n) is 11.6. The van der Waals surface area contributed by atoms with Crippen molar-refractivity contribution < 1.29 is 14.7 Å². The maximum Gasteiger partial charge on any atom is 0.303 e. The number of carbonyl (C=O) groups is 2. The van der Waals surface area contributed by atoms with Gasteiger partial charge in [0.1, 0.15) is 6.33 Å². The molecule has 21 heavy (non-hydrogen) atoms. The highest BCUT2D eigenvalue weighted by atomic mass is 16.4. The number of amides is 1. The first-order valence-corrected chi connectivity index (χ1v) is 6.72. The molecule has 1 atom stereocenters. The van der Waals surface area contributed by atoms with E-state index >= 15 is 0 Å². The Labute approximate surface area is 120 Å². The van der Waals surface area contributed by atoms with Crippen molar-refractivity contribution in [3.63, 3.8) is 0 Å². The molecule has 0 saturated carbocycles. The van der Waals surface area contributed by atoms with Crippen LogP contribution in [0.5, 0.6) is 0 Å². The van der Waals surface area contributed by atoms with Gasteiger partial charge in [0.15, 0.2) is 0 Å². The molecule has 8 nitrogen and oxygen atoms in total. The molecule has 2 aromatic heterocycles. The fourth-order valence-corrected chi connectivity index (χ4v) is 2.70. The summed E-state index contributed by atoms with van der Waals surface area (Å²) < 4.78 is 1.53. The Hall–Kier alpha value is -2.51. The van der Waals surface area contributed by atoms with Crippen LogP contribution in [0.15, 0.2) is 12.5 Å². The topological polar surface area (TPSA) is 101 Å². The van der Waals surface area contributed by atoms with E-state index in [1.807, 2.05) is 0 Å². The predicted molar refractivity (Wildman–Crippen MR) is 71.8 cm³/mol. The van der Waals surface area contributed by atoms with E-state index in [-0.39, 0.29) is 18.2 Å². The number of aromatic nitrogens is 4. The van der Waals surface area contributed by atoms with Gasteiger partial charge in [0.25, 0.3) is 11.7 Å². The first-order chi connectivity index (χ1) is 10.1. The quantitative estimate of drug-likeness (QED) is 0.876. The Morgan fingerprint density at radius 3 is 3.00 bits per heavy atom. The van der Waals surface area contributed by atoms with Crippen molar-refractivity contribution in [2.45, 2.75) is 19.8 Å². The summed E-state index contributed by atoms with van der Waals surface area (Å²) in [6.45, 7) is 2.84. The number of carbonyl (C=O) groups excluding carboxylic acids is 1. The minimum absolute atomic E-state index is 0.0230. The Kier molecular flexibility index (Phi) is 3.28. The fraction of sp³-hybridized carbons (Fsp3) is 0.462. The molecule has 1 amide bonds. The third-order valence-electron chi connectivity index (χ3n) is 3.81.